The average Bonchev–Trinajstić information content (AvgIpc) is 3.30. The van der Waals surface area contributed by atoms with Crippen LogP contribution in [0.5, 0.6) is 5.75 Å². The molecule has 0 unspecified atom stereocenters. The molecular weight excluding hydrogens is 567 g/mol. The van der Waals surface area contributed by atoms with Crippen LogP contribution in [0.15, 0.2) is 42.5 Å². The molecule has 2 fully saturated rings. The number of carbonyl (C=O) groups is 2. The maximum atomic E-state index is 16.1. The van der Waals surface area contributed by atoms with E-state index in [1.807, 2.05) is 17.0 Å². The van der Waals surface area contributed by atoms with Crippen LogP contribution in [0, 0.1) is 23.2 Å². The number of alkyl halides is 1. The number of nitrogens with zero attached hydrogens (tertiary/aromatic N) is 1. The number of benzene rings is 2. The van der Waals surface area contributed by atoms with Gasteiger partial charge in [-0.2, -0.15) is 0 Å². The molecule has 5 rings (SSSR count). The molecule has 3 aliphatic carbocycles. The van der Waals surface area contributed by atoms with Gasteiger partial charge in [-0.1, -0.05) is 52.0 Å². The number of anilines is 1. The highest BCUT2D eigenvalue weighted by Gasteiger charge is 2.59. The summed E-state index contributed by atoms with van der Waals surface area (Å²) in [6.07, 6.45) is 9.82. The van der Waals surface area contributed by atoms with Crippen molar-refractivity contribution in [3.63, 3.8) is 0 Å². The van der Waals surface area contributed by atoms with Crippen LogP contribution in [0.4, 0.5) is 10.1 Å². The molecule has 0 aromatic heterocycles. The van der Waals surface area contributed by atoms with Crippen molar-refractivity contribution in [1.82, 2.24) is 4.90 Å². The second-order valence-electron chi connectivity index (χ2n) is 14.3. The predicted molar refractivity (Wildman–Crippen MR) is 177 cm³/mol. The Bertz CT molecular complexity index is 1320. The topological polar surface area (TPSA) is 89.9 Å². The standard InChI is InChI=1S/C38H53FN2O4/c1-4-5-6-9-20-41(37(45)26-12-14-29(15-13-26)40-25(2)42)21-10-7-8-11-27-22-28-23-30(43)16-17-31(28)36-33(39)24-38(3)32(35(27)36)18-19-34(38)44/h12-17,23,27,32-36,43-44H,4-11,18-22,24H2,1-3H3,(H,40,42)/t27-,32+,33+,34+,35+,36+,38+/m1/s1. The second kappa shape index (κ2) is 14.7. The number of hydrogen-bond donors (Lipinski definition) is 3. The third-order valence-electron chi connectivity index (χ3n) is 11.3. The van der Waals surface area contributed by atoms with Gasteiger partial charge in [-0.05, 0) is 116 Å². The lowest BCUT2D eigenvalue weighted by Crippen LogP contribution is -2.51. The molecular formula is C38H53FN2O4. The third-order valence-corrected chi connectivity index (χ3v) is 11.3. The van der Waals surface area contributed by atoms with E-state index in [2.05, 4.69) is 19.2 Å². The van der Waals surface area contributed by atoms with Gasteiger partial charge in [0.2, 0.25) is 5.91 Å². The molecule has 0 heterocycles. The van der Waals surface area contributed by atoms with E-state index in [-0.39, 0.29) is 34.8 Å². The molecule has 7 heteroatoms. The highest BCUT2D eigenvalue weighted by Crippen LogP contribution is 2.63. The normalized spacial score (nSPS) is 28.6. The van der Waals surface area contributed by atoms with Gasteiger partial charge in [-0.25, -0.2) is 4.39 Å². The van der Waals surface area contributed by atoms with Crippen LogP contribution in [0.1, 0.15) is 119 Å². The van der Waals surface area contributed by atoms with E-state index in [1.165, 1.54) is 6.92 Å². The summed E-state index contributed by atoms with van der Waals surface area (Å²) in [5, 5.41) is 23.9. The molecule has 246 valence electrons. The van der Waals surface area contributed by atoms with Crippen molar-refractivity contribution in [2.45, 2.75) is 116 Å². The van der Waals surface area contributed by atoms with Crippen LogP contribution in [-0.4, -0.2) is 52.3 Å². The van der Waals surface area contributed by atoms with Crippen molar-refractivity contribution in [2.75, 3.05) is 18.4 Å². The molecule has 2 saturated carbocycles. The fraction of sp³-hybridized carbons (Fsp3) is 0.632. The second-order valence-corrected chi connectivity index (χ2v) is 14.3. The highest BCUT2D eigenvalue weighted by molar-refractivity contribution is 5.95. The summed E-state index contributed by atoms with van der Waals surface area (Å²) in [6, 6.07) is 12.6. The van der Waals surface area contributed by atoms with Crippen LogP contribution >= 0.6 is 0 Å². The molecule has 0 spiro atoms. The fourth-order valence-corrected chi connectivity index (χ4v) is 9.05. The minimum absolute atomic E-state index is 0.0303. The Labute approximate surface area is 268 Å². The first kappa shape index (κ1) is 33.4. The molecule has 3 aliphatic rings. The average molecular weight is 621 g/mol. The lowest BCUT2D eigenvalue weighted by molar-refractivity contribution is -0.114. The van der Waals surface area contributed by atoms with E-state index in [0.29, 0.717) is 36.1 Å². The predicted octanol–water partition coefficient (Wildman–Crippen LogP) is 8.02. The van der Waals surface area contributed by atoms with E-state index in [9.17, 15) is 19.8 Å². The molecule has 0 bridgehead atoms. The number of unbranched alkanes of at least 4 members (excludes halogenated alkanes) is 5. The fourth-order valence-electron chi connectivity index (χ4n) is 9.05. The molecule has 2 amide bonds. The molecule has 6 nitrogen and oxygen atoms in total. The Balaban J connectivity index is 1.23. The zero-order valence-corrected chi connectivity index (χ0v) is 27.4. The number of aliphatic hydroxyl groups excluding tert-OH is 1. The number of carbonyl (C=O) groups excluding carboxylic acids is 2. The first-order chi connectivity index (χ1) is 21.6. The van der Waals surface area contributed by atoms with Gasteiger partial charge in [0, 0.05) is 37.2 Å². The zero-order chi connectivity index (χ0) is 32.1. The summed E-state index contributed by atoms with van der Waals surface area (Å²) in [6.45, 7) is 7.20. The van der Waals surface area contributed by atoms with Crippen molar-refractivity contribution in [2.24, 2.45) is 23.2 Å². The van der Waals surface area contributed by atoms with Crippen LogP contribution in [0.25, 0.3) is 0 Å². The van der Waals surface area contributed by atoms with Gasteiger partial charge in [-0.3, -0.25) is 9.59 Å². The first-order valence-electron chi connectivity index (χ1n) is 17.4. The molecule has 2 aromatic rings. The van der Waals surface area contributed by atoms with Gasteiger partial charge in [0.1, 0.15) is 11.9 Å². The maximum absolute atomic E-state index is 16.1. The number of phenols is 1. The minimum Gasteiger partial charge on any atom is -0.508 e. The highest BCUT2D eigenvalue weighted by atomic mass is 19.1. The van der Waals surface area contributed by atoms with Gasteiger partial charge in [0.05, 0.1) is 6.10 Å². The number of phenolic OH excluding ortho intramolecular Hbond substituents is 1. The van der Waals surface area contributed by atoms with E-state index in [0.717, 1.165) is 88.3 Å². The molecule has 0 aliphatic heterocycles. The Morgan fingerprint density at radius 1 is 1.00 bits per heavy atom. The Kier molecular flexibility index (Phi) is 10.9. The van der Waals surface area contributed by atoms with E-state index in [1.54, 1.807) is 30.3 Å². The molecule has 7 atom stereocenters. The number of hydrogen-bond acceptors (Lipinski definition) is 4. The number of amides is 2. The largest absolute Gasteiger partial charge is 0.508 e. The number of halogens is 1. The van der Waals surface area contributed by atoms with Crippen molar-refractivity contribution < 1.29 is 24.2 Å². The van der Waals surface area contributed by atoms with Crippen molar-refractivity contribution in [1.29, 1.82) is 0 Å². The van der Waals surface area contributed by atoms with Gasteiger partial charge in [0.15, 0.2) is 0 Å². The Hall–Kier alpha value is -2.93. The van der Waals surface area contributed by atoms with Gasteiger partial charge >= 0.3 is 0 Å². The molecule has 0 saturated heterocycles. The summed E-state index contributed by atoms with van der Waals surface area (Å²) >= 11 is 0. The summed E-state index contributed by atoms with van der Waals surface area (Å²) in [5.74, 6) is 0.784. The third kappa shape index (κ3) is 7.40. The minimum atomic E-state index is -0.991. The zero-order valence-electron chi connectivity index (χ0n) is 27.4. The quantitative estimate of drug-likeness (QED) is 0.198. The summed E-state index contributed by atoms with van der Waals surface area (Å²) in [7, 11) is 0. The number of aromatic hydroxyl groups is 1. The lowest BCUT2D eigenvalue weighted by atomic mass is 9.51. The van der Waals surface area contributed by atoms with Crippen LogP contribution in [0.2, 0.25) is 0 Å². The summed E-state index contributed by atoms with van der Waals surface area (Å²) < 4.78 is 16.1. The summed E-state index contributed by atoms with van der Waals surface area (Å²) in [5.41, 5.74) is 3.09. The van der Waals surface area contributed by atoms with E-state index >= 15 is 4.39 Å². The maximum Gasteiger partial charge on any atom is 0.253 e. The van der Waals surface area contributed by atoms with Crippen molar-refractivity contribution in [3.8, 4) is 5.75 Å². The van der Waals surface area contributed by atoms with Gasteiger partial charge in [0.25, 0.3) is 5.91 Å². The van der Waals surface area contributed by atoms with Crippen molar-refractivity contribution in [3.05, 3.63) is 59.2 Å². The molecule has 45 heavy (non-hydrogen) atoms. The number of nitrogens with one attached hydrogen (secondary N) is 1. The number of rotatable bonds is 13. The molecule has 2 aromatic carbocycles. The SMILES string of the molecule is CCCCCCN(CCCCC[C@@H]1Cc2cc(O)ccc2[C@@H]2[C@@H]1[C@@H]1CC[C@H](O)[C@@]1(C)C[C@@H]2F)C(=O)c1ccc(NC(C)=O)cc1. The Morgan fingerprint density at radius 2 is 1.71 bits per heavy atom. The monoisotopic (exact) mass is 620 g/mol. The van der Waals surface area contributed by atoms with Crippen molar-refractivity contribution >= 4 is 17.5 Å². The summed E-state index contributed by atoms with van der Waals surface area (Å²) in [4.78, 5) is 26.9. The van der Waals surface area contributed by atoms with Gasteiger partial charge in [-0.15, -0.1) is 0 Å². The molecule has 0 radical (unpaired) electrons. The van der Waals surface area contributed by atoms with E-state index in [4.69, 9.17) is 0 Å². The number of fused-ring (bicyclic) bond motifs is 5. The molecule has 3 N–H and O–H groups in total. The smallest absolute Gasteiger partial charge is 0.253 e. The number of aliphatic hydroxyl groups is 1. The van der Waals surface area contributed by atoms with Crippen LogP contribution < -0.4 is 5.32 Å². The first-order valence-corrected chi connectivity index (χ1v) is 17.4. The Morgan fingerprint density at radius 3 is 2.40 bits per heavy atom. The van der Waals surface area contributed by atoms with E-state index < -0.39 is 12.3 Å². The lowest BCUT2D eigenvalue weighted by Gasteiger charge is -2.54. The van der Waals surface area contributed by atoms with Crippen LogP contribution in [-0.2, 0) is 11.2 Å². The van der Waals surface area contributed by atoms with Gasteiger partial charge < -0.3 is 20.4 Å². The van der Waals surface area contributed by atoms with Crippen LogP contribution in [0.3, 0.4) is 0 Å².